The highest BCUT2D eigenvalue weighted by Gasteiger charge is 2.43. The van der Waals surface area contributed by atoms with Crippen LogP contribution in [0, 0.1) is 0 Å². The lowest BCUT2D eigenvalue weighted by atomic mass is 9.72. The molecule has 6 nitrogen and oxygen atoms in total. The second-order valence-corrected chi connectivity index (χ2v) is 7.21. The summed E-state index contributed by atoms with van der Waals surface area (Å²) in [4.78, 5) is 39.0. The van der Waals surface area contributed by atoms with E-state index < -0.39 is 11.4 Å². The number of ether oxygens (including phenoxy) is 1. The SMILES string of the molecule is CCOC(=O)c1cccc(NC(=O)C2(c3ccccc3)CCN(C(C)=O)CC2)c1. The molecular formula is C23H26N2O4. The monoisotopic (exact) mass is 394 g/mol. The number of nitrogens with zero attached hydrogens (tertiary/aromatic N) is 1. The molecule has 0 spiro atoms. The fraction of sp³-hybridized carbons (Fsp3) is 0.348. The zero-order chi connectivity index (χ0) is 20.9. The van der Waals surface area contributed by atoms with Crippen LogP contribution in [-0.4, -0.2) is 42.4 Å². The normalized spacial score (nSPS) is 15.4. The van der Waals surface area contributed by atoms with Crippen molar-refractivity contribution in [3.8, 4) is 0 Å². The van der Waals surface area contributed by atoms with E-state index in [4.69, 9.17) is 4.74 Å². The van der Waals surface area contributed by atoms with Gasteiger partial charge in [0.05, 0.1) is 17.6 Å². The van der Waals surface area contributed by atoms with E-state index in [1.807, 2.05) is 30.3 Å². The molecule has 1 N–H and O–H groups in total. The molecule has 1 fully saturated rings. The smallest absolute Gasteiger partial charge is 0.338 e. The van der Waals surface area contributed by atoms with Gasteiger partial charge in [-0.3, -0.25) is 9.59 Å². The third-order valence-electron chi connectivity index (χ3n) is 5.45. The van der Waals surface area contributed by atoms with Gasteiger partial charge in [-0.05, 0) is 43.5 Å². The van der Waals surface area contributed by atoms with Crippen molar-refractivity contribution in [3.63, 3.8) is 0 Å². The highest BCUT2D eigenvalue weighted by atomic mass is 16.5. The van der Waals surface area contributed by atoms with Crippen molar-refractivity contribution in [3.05, 3.63) is 65.7 Å². The van der Waals surface area contributed by atoms with Gasteiger partial charge in [0.1, 0.15) is 0 Å². The molecule has 0 bridgehead atoms. The Morgan fingerprint density at radius 1 is 1.03 bits per heavy atom. The molecular weight excluding hydrogens is 368 g/mol. The van der Waals surface area contributed by atoms with Crippen LogP contribution in [0.15, 0.2) is 54.6 Å². The average Bonchev–Trinajstić information content (AvgIpc) is 2.74. The van der Waals surface area contributed by atoms with Crippen LogP contribution in [-0.2, 0) is 19.7 Å². The number of carbonyl (C=O) groups excluding carboxylic acids is 3. The molecule has 2 aromatic rings. The number of nitrogens with one attached hydrogen (secondary N) is 1. The summed E-state index contributed by atoms with van der Waals surface area (Å²) in [5.74, 6) is -0.529. The van der Waals surface area contributed by atoms with E-state index in [1.54, 1.807) is 43.0 Å². The fourth-order valence-electron chi connectivity index (χ4n) is 3.80. The molecule has 0 unspecified atom stereocenters. The van der Waals surface area contributed by atoms with Crippen LogP contribution in [0.5, 0.6) is 0 Å². The Hall–Kier alpha value is -3.15. The summed E-state index contributed by atoms with van der Waals surface area (Å²) in [6.45, 7) is 4.65. The second-order valence-electron chi connectivity index (χ2n) is 7.21. The molecule has 1 saturated heterocycles. The minimum atomic E-state index is -0.729. The zero-order valence-corrected chi connectivity index (χ0v) is 16.8. The van der Waals surface area contributed by atoms with Gasteiger partial charge in [0.15, 0.2) is 0 Å². The van der Waals surface area contributed by atoms with Crippen molar-refractivity contribution in [2.24, 2.45) is 0 Å². The van der Waals surface area contributed by atoms with Gasteiger partial charge in [0, 0.05) is 25.7 Å². The maximum absolute atomic E-state index is 13.4. The average molecular weight is 394 g/mol. The van der Waals surface area contributed by atoms with E-state index >= 15 is 0 Å². The van der Waals surface area contributed by atoms with Gasteiger partial charge in [-0.15, -0.1) is 0 Å². The van der Waals surface area contributed by atoms with Crippen LogP contribution in [0.25, 0.3) is 0 Å². The molecule has 0 saturated carbocycles. The fourth-order valence-corrected chi connectivity index (χ4v) is 3.80. The summed E-state index contributed by atoms with van der Waals surface area (Å²) in [5.41, 5.74) is 1.14. The maximum Gasteiger partial charge on any atom is 0.338 e. The van der Waals surface area contributed by atoms with Crippen molar-refractivity contribution in [2.45, 2.75) is 32.1 Å². The lowest BCUT2D eigenvalue weighted by molar-refractivity contribution is -0.133. The van der Waals surface area contributed by atoms with Gasteiger partial charge in [-0.1, -0.05) is 36.4 Å². The number of anilines is 1. The summed E-state index contributed by atoms with van der Waals surface area (Å²) in [7, 11) is 0. The van der Waals surface area contributed by atoms with E-state index in [2.05, 4.69) is 5.32 Å². The predicted octanol–water partition coefficient (Wildman–Crippen LogP) is 3.38. The van der Waals surface area contributed by atoms with E-state index in [0.29, 0.717) is 43.8 Å². The number of carbonyl (C=O) groups is 3. The minimum Gasteiger partial charge on any atom is -0.462 e. The summed E-state index contributed by atoms with van der Waals surface area (Å²) in [5, 5.41) is 2.98. The second kappa shape index (κ2) is 8.90. The molecule has 0 aromatic heterocycles. The van der Waals surface area contributed by atoms with E-state index in [0.717, 1.165) is 5.56 Å². The Bertz CT molecular complexity index is 887. The van der Waals surface area contributed by atoms with E-state index in [1.165, 1.54) is 0 Å². The summed E-state index contributed by atoms with van der Waals surface area (Å²) < 4.78 is 5.04. The highest BCUT2D eigenvalue weighted by molar-refractivity contribution is 6.00. The number of likely N-dealkylation sites (tertiary alicyclic amines) is 1. The number of amides is 2. The molecule has 1 aliphatic rings. The van der Waals surface area contributed by atoms with E-state index in [-0.39, 0.29) is 11.8 Å². The number of benzene rings is 2. The van der Waals surface area contributed by atoms with Crippen molar-refractivity contribution in [1.82, 2.24) is 4.90 Å². The molecule has 29 heavy (non-hydrogen) atoms. The first kappa shape index (κ1) is 20.6. The quantitative estimate of drug-likeness (QED) is 0.789. The lowest BCUT2D eigenvalue weighted by Crippen LogP contribution is -2.50. The number of piperidine rings is 1. The summed E-state index contributed by atoms with van der Waals surface area (Å²) in [6.07, 6.45) is 1.08. The van der Waals surface area contributed by atoms with Crippen LogP contribution in [0.3, 0.4) is 0 Å². The largest absolute Gasteiger partial charge is 0.462 e. The van der Waals surface area contributed by atoms with Crippen molar-refractivity contribution in [2.75, 3.05) is 25.0 Å². The molecule has 0 radical (unpaired) electrons. The van der Waals surface area contributed by atoms with Crippen molar-refractivity contribution < 1.29 is 19.1 Å². The van der Waals surface area contributed by atoms with Gasteiger partial charge < -0.3 is 15.0 Å². The highest BCUT2D eigenvalue weighted by Crippen LogP contribution is 2.37. The van der Waals surface area contributed by atoms with Crippen molar-refractivity contribution >= 4 is 23.5 Å². The molecule has 0 aliphatic carbocycles. The topological polar surface area (TPSA) is 75.7 Å². The Kier molecular flexibility index (Phi) is 6.32. The van der Waals surface area contributed by atoms with Gasteiger partial charge in [0.25, 0.3) is 0 Å². The van der Waals surface area contributed by atoms with Gasteiger partial charge in [-0.2, -0.15) is 0 Å². The molecule has 2 aromatic carbocycles. The Labute approximate surface area is 170 Å². The molecule has 2 amide bonds. The lowest BCUT2D eigenvalue weighted by Gasteiger charge is -2.40. The molecule has 6 heteroatoms. The van der Waals surface area contributed by atoms with Crippen LogP contribution in [0.2, 0.25) is 0 Å². The minimum absolute atomic E-state index is 0.0224. The Morgan fingerprint density at radius 2 is 1.72 bits per heavy atom. The van der Waals surface area contributed by atoms with Crippen LogP contribution >= 0.6 is 0 Å². The van der Waals surface area contributed by atoms with Gasteiger partial charge in [-0.25, -0.2) is 4.79 Å². The predicted molar refractivity (Wildman–Crippen MR) is 111 cm³/mol. The maximum atomic E-state index is 13.4. The first-order chi connectivity index (χ1) is 14.0. The van der Waals surface area contributed by atoms with E-state index in [9.17, 15) is 14.4 Å². The summed E-state index contributed by atoms with van der Waals surface area (Å²) in [6, 6.07) is 16.4. The zero-order valence-electron chi connectivity index (χ0n) is 16.8. The number of esters is 1. The first-order valence-electron chi connectivity index (χ1n) is 9.86. The molecule has 3 rings (SSSR count). The standard InChI is InChI=1S/C23H26N2O4/c1-3-29-21(27)18-8-7-11-20(16-18)24-22(28)23(19-9-5-4-6-10-19)12-14-25(15-13-23)17(2)26/h4-11,16H,3,12-15H2,1-2H3,(H,24,28). The molecule has 152 valence electrons. The Morgan fingerprint density at radius 3 is 2.34 bits per heavy atom. The van der Waals surface area contributed by atoms with Gasteiger partial charge >= 0.3 is 5.97 Å². The Balaban J connectivity index is 1.86. The molecule has 0 atom stereocenters. The van der Waals surface area contributed by atoms with Gasteiger partial charge in [0.2, 0.25) is 11.8 Å². The molecule has 1 heterocycles. The summed E-state index contributed by atoms with van der Waals surface area (Å²) >= 11 is 0. The van der Waals surface area contributed by atoms with Crippen LogP contribution in [0.1, 0.15) is 42.6 Å². The van der Waals surface area contributed by atoms with Crippen LogP contribution in [0.4, 0.5) is 5.69 Å². The first-order valence-corrected chi connectivity index (χ1v) is 9.86. The number of hydrogen-bond donors (Lipinski definition) is 1. The third-order valence-corrected chi connectivity index (χ3v) is 5.45. The van der Waals surface area contributed by atoms with Crippen LogP contribution < -0.4 is 5.32 Å². The van der Waals surface area contributed by atoms with Crippen molar-refractivity contribution in [1.29, 1.82) is 0 Å². The third kappa shape index (κ3) is 4.47. The molecule has 1 aliphatic heterocycles. The number of rotatable bonds is 5. The number of hydrogen-bond acceptors (Lipinski definition) is 4.